The molecule has 0 N–H and O–H groups in total. The topological polar surface area (TPSA) is 19.2 Å². The Morgan fingerprint density at radius 3 is 0.870 bits per heavy atom. The average Bonchev–Trinajstić information content (AvgIpc) is 1.55. The SMILES string of the molecule is c1ccc(-c2cc(-c3ccc(-c4ccc(-n5c6ccccc6c6cc(-n7c8ccccc8c8cc(-c9ccc%10c(c9)c9ccccc9n%10-c9ccccc9)ccc87)ccc65)cc4)cc3)cc(-c3cccc(-c4cccc(-c5cc6c7ccccc7n7c8ccccc8c(c5)c67)c4)c3)c2)cc1. The minimum absolute atomic E-state index is 1.12. The van der Waals surface area contributed by atoms with Crippen molar-refractivity contribution in [2.75, 3.05) is 0 Å². The molecule has 0 amide bonds. The van der Waals surface area contributed by atoms with Gasteiger partial charge in [-0.25, -0.2) is 0 Å². The van der Waals surface area contributed by atoms with E-state index < -0.39 is 0 Å². The molecule has 0 unspecified atom stereocenters. The number of benzene rings is 16. The zero-order valence-electron chi connectivity index (χ0n) is 54.4. The van der Waals surface area contributed by atoms with Gasteiger partial charge in [0.2, 0.25) is 0 Å². The average molecular weight is 1270 g/mol. The largest absolute Gasteiger partial charge is 0.309 e. The zero-order valence-corrected chi connectivity index (χ0v) is 54.4. The number of aromatic nitrogens is 4. The molecule has 21 aromatic rings. The molecular weight excluding hydrogens is 1210 g/mol. The first-order chi connectivity index (χ1) is 49.6. The lowest BCUT2D eigenvalue weighted by molar-refractivity contribution is 1.17. The normalized spacial score (nSPS) is 12.0. The molecule has 0 aliphatic heterocycles. The Morgan fingerprint density at radius 1 is 0.130 bits per heavy atom. The fourth-order valence-corrected chi connectivity index (χ4v) is 16.6. The van der Waals surface area contributed by atoms with Crippen molar-refractivity contribution in [3.8, 4) is 95.0 Å². The van der Waals surface area contributed by atoms with E-state index in [4.69, 9.17) is 0 Å². The Morgan fingerprint density at radius 2 is 0.390 bits per heavy atom. The molecule has 0 fully saturated rings. The number of rotatable bonds is 10. The second-order valence-electron chi connectivity index (χ2n) is 26.8. The van der Waals surface area contributed by atoms with Crippen LogP contribution in [0.4, 0.5) is 0 Å². The molecule has 0 atom stereocenters. The van der Waals surface area contributed by atoms with E-state index in [0.717, 1.165) is 17.1 Å². The maximum absolute atomic E-state index is 2.45. The van der Waals surface area contributed by atoms with Crippen LogP contribution in [0.2, 0.25) is 0 Å². The van der Waals surface area contributed by atoms with Gasteiger partial charge in [0.1, 0.15) is 0 Å². The van der Waals surface area contributed by atoms with E-state index in [1.54, 1.807) is 0 Å². The number of hydrogen-bond donors (Lipinski definition) is 0. The molecule has 5 heterocycles. The molecule has 5 aromatic heterocycles. The van der Waals surface area contributed by atoms with E-state index in [1.165, 1.54) is 181 Å². The van der Waals surface area contributed by atoms with Crippen LogP contribution < -0.4 is 0 Å². The summed E-state index contributed by atoms with van der Waals surface area (Å²) in [7, 11) is 0. The second kappa shape index (κ2) is 22.1. The molecule has 100 heavy (non-hydrogen) atoms. The van der Waals surface area contributed by atoms with Gasteiger partial charge in [-0.1, -0.05) is 224 Å². The summed E-state index contributed by atoms with van der Waals surface area (Å²) in [6.45, 7) is 0. The summed E-state index contributed by atoms with van der Waals surface area (Å²) in [5.41, 5.74) is 30.9. The van der Waals surface area contributed by atoms with Gasteiger partial charge >= 0.3 is 0 Å². The fourth-order valence-electron chi connectivity index (χ4n) is 16.6. The molecule has 0 saturated heterocycles. The van der Waals surface area contributed by atoms with Crippen molar-refractivity contribution in [3.05, 3.63) is 364 Å². The summed E-state index contributed by atoms with van der Waals surface area (Å²) < 4.78 is 9.71. The maximum atomic E-state index is 2.45. The van der Waals surface area contributed by atoms with Crippen molar-refractivity contribution < 1.29 is 0 Å². The molecule has 464 valence electrons. The van der Waals surface area contributed by atoms with E-state index in [2.05, 4.69) is 382 Å². The number of nitrogens with zero attached hydrogens (tertiary/aromatic N) is 4. The Labute approximate surface area is 576 Å². The van der Waals surface area contributed by atoms with Gasteiger partial charge in [0.25, 0.3) is 0 Å². The van der Waals surface area contributed by atoms with Gasteiger partial charge in [-0.3, -0.25) is 0 Å². The van der Waals surface area contributed by atoms with E-state index >= 15 is 0 Å². The highest BCUT2D eigenvalue weighted by Crippen LogP contribution is 2.45. The summed E-state index contributed by atoms with van der Waals surface area (Å²) in [4.78, 5) is 0. The van der Waals surface area contributed by atoms with Crippen LogP contribution in [0.3, 0.4) is 0 Å². The van der Waals surface area contributed by atoms with Crippen molar-refractivity contribution in [1.29, 1.82) is 0 Å². The minimum atomic E-state index is 1.12. The predicted octanol–water partition coefficient (Wildman–Crippen LogP) is 25.8. The lowest BCUT2D eigenvalue weighted by Gasteiger charge is -2.13. The van der Waals surface area contributed by atoms with Crippen LogP contribution in [0.25, 0.3) is 198 Å². The minimum Gasteiger partial charge on any atom is -0.309 e. The van der Waals surface area contributed by atoms with E-state index in [9.17, 15) is 0 Å². The monoisotopic (exact) mass is 1270 g/mol. The van der Waals surface area contributed by atoms with Gasteiger partial charge in [-0.15, -0.1) is 0 Å². The molecular formula is C96H60N4. The third-order valence-corrected chi connectivity index (χ3v) is 21.3. The van der Waals surface area contributed by atoms with Crippen molar-refractivity contribution in [2.24, 2.45) is 0 Å². The second-order valence-corrected chi connectivity index (χ2v) is 26.8. The van der Waals surface area contributed by atoms with E-state index in [-0.39, 0.29) is 0 Å². The van der Waals surface area contributed by atoms with E-state index in [0.29, 0.717) is 0 Å². The lowest BCUT2D eigenvalue weighted by atomic mass is 9.91. The van der Waals surface area contributed by atoms with Crippen molar-refractivity contribution in [2.45, 2.75) is 0 Å². The van der Waals surface area contributed by atoms with Crippen LogP contribution in [0, 0.1) is 0 Å². The third-order valence-electron chi connectivity index (χ3n) is 21.3. The number of para-hydroxylation sites is 6. The molecule has 0 aliphatic rings. The Kier molecular flexibility index (Phi) is 12.4. The van der Waals surface area contributed by atoms with Crippen molar-refractivity contribution in [1.82, 2.24) is 18.1 Å². The maximum Gasteiger partial charge on any atom is 0.0620 e. The Hall–Kier alpha value is -13.3. The predicted molar refractivity (Wildman–Crippen MR) is 422 cm³/mol. The summed E-state index contributed by atoms with van der Waals surface area (Å²) in [5.74, 6) is 0. The summed E-state index contributed by atoms with van der Waals surface area (Å²) in [5, 5.41) is 12.6. The molecule has 4 heteroatoms. The highest BCUT2D eigenvalue weighted by atomic mass is 15.0. The van der Waals surface area contributed by atoms with Gasteiger partial charge in [-0.05, 0) is 217 Å². The van der Waals surface area contributed by atoms with Gasteiger partial charge in [0.05, 0.1) is 49.7 Å². The van der Waals surface area contributed by atoms with Gasteiger partial charge in [0.15, 0.2) is 0 Å². The van der Waals surface area contributed by atoms with Crippen LogP contribution in [0.15, 0.2) is 364 Å². The smallest absolute Gasteiger partial charge is 0.0620 e. The van der Waals surface area contributed by atoms with Crippen LogP contribution >= 0.6 is 0 Å². The molecule has 21 rings (SSSR count). The molecule has 0 bridgehead atoms. The number of hydrogen-bond acceptors (Lipinski definition) is 0. The van der Waals surface area contributed by atoms with Gasteiger partial charge in [-0.2, -0.15) is 0 Å². The summed E-state index contributed by atoms with van der Waals surface area (Å²) >= 11 is 0. The quantitative estimate of drug-likeness (QED) is 0.130. The molecule has 0 spiro atoms. The first-order valence-electron chi connectivity index (χ1n) is 34.5. The van der Waals surface area contributed by atoms with Gasteiger partial charge in [0, 0.05) is 70.9 Å². The Bertz CT molecular complexity index is 6780. The van der Waals surface area contributed by atoms with Crippen LogP contribution in [0.5, 0.6) is 0 Å². The third kappa shape index (κ3) is 8.74. The molecule has 16 aromatic carbocycles. The Balaban J connectivity index is 0.588. The first kappa shape index (κ1) is 55.9. The van der Waals surface area contributed by atoms with Gasteiger partial charge < -0.3 is 18.1 Å². The lowest BCUT2D eigenvalue weighted by Crippen LogP contribution is -1.96. The summed E-state index contributed by atoms with van der Waals surface area (Å²) in [6.07, 6.45) is 0. The molecule has 0 saturated carbocycles. The zero-order chi connectivity index (χ0) is 65.5. The van der Waals surface area contributed by atoms with Crippen molar-refractivity contribution in [3.63, 3.8) is 0 Å². The standard InChI is InChI=1S/C96H60N4/c1-3-19-61(20-4-1)71-53-72(55-73(54-71)67-23-17-21-65(51-67)66-22-18-24-68(52-66)74-58-86-81-30-10-15-35-91(81)100-92-36-16-11-31-82(92)87(59-74)96(86)100)64-39-37-62(38-40-64)63-41-45-76(46-42-63)98-89-33-13-9-29-80(89)85-60-77(47-50-95(85)98)99-90-34-14-8-28-79(90)84-57-70(44-49-94(84)99)69-43-48-93-83(56-69)78-27-7-12-32-88(78)97(93)75-25-5-2-6-26-75/h1-60H. The van der Waals surface area contributed by atoms with Crippen LogP contribution in [-0.2, 0) is 0 Å². The van der Waals surface area contributed by atoms with Crippen LogP contribution in [-0.4, -0.2) is 18.1 Å². The molecule has 0 aliphatic carbocycles. The summed E-state index contributed by atoms with van der Waals surface area (Å²) in [6, 6.07) is 135. The highest BCUT2D eigenvalue weighted by Gasteiger charge is 2.22. The highest BCUT2D eigenvalue weighted by molar-refractivity contribution is 6.25. The van der Waals surface area contributed by atoms with E-state index in [1.807, 2.05) is 0 Å². The molecule has 0 radical (unpaired) electrons. The number of fused-ring (bicyclic) bond motifs is 15. The van der Waals surface area contributed by atoms with Crippen LogP contribution in [0.1, 0.15) is 0 Å². The van der Waals surface area contributed by atoms with Crippen molar-refractivity contribution >= 4 is 104 Å². The fraction of sp³-hybridized carbons (Fsp3) is 0. The molecule has 4 nitrogen and oxygen atoms in total. The first-order valence-corrected chi connectivity index (χ1v) is 34.5.